The van der Waals surface area contributed by atoms with Crippen molar-refractivity contribution in [1.82, 2.24) is 10.2 Å². The molecule has 0 atom stereocenters. The standard InChI is InChI=1S/C14H21F3N2O3/c1-13(5-2-6-13)19(10-3-7-18-8-4-10)11(20)9-22-12(21)14(15,16)17/h10,18H,2-9H2,1H3. The van der Waals surface area contributed by atoms with Crippen molar-refractivity contribution in [2.24, 2.45) is 0 Å². The minimum absolute atomic E-state index is 0.0105. The molecule has 1 aliphatic heterocycles. The average molecular weight is 322 g/mol. The normalized spacial score (nSPS) is 21.8. The molecule has 0 unspecified atom stereocenters. The third kappa shape index (κ3) is 3.71. The average Bonchev–Trinajstić information content (AvgIpc) is 2.43. The molecule has 1 aliphatic carbocycles. The van der Waals surface area contributed by atoms with Gasteiger partial charge in [-0.2, -0.15) is 13.2 Å². The van der Waals surface area contributed by atoms with E-state index >= 15 is 0 Å². The first-order valence-electron chi connectivity index (χ1n) is 7.51. The van der Waals surface area contributed by atoms with E-state index in [0.29, 0.717) is 0 Å². The highest BCUT2D eigenvalue weighted by Gasteiger charge is 2.45. The van der Waals surface area contributed by atoms with Crippen LogP contribution in [0.2, 0.25) is 0 Å². The molecule has 2 fully saturated rings. The number of nitrogens with zero attached hydrogens (tertiary/aromatic N) is 1. The molecule has 0 bridgehead atoms. The summed E-state index contributed by atoms with van der Waals surface area (Å²) in [5.41, 5.74) is -0.330. The SMILES string of the molecule is CC1(N(C(=O)COC(=O)C(F)(F)F)C2CCNCC2)CCC1. The molecule has 0 radical (unpaired) electrons. The number of rotatable bonds is 4. The Morgan fingerprint density at radius 3 is 2.32 bits per heavy atom. The summed E-state index contributed by atoms with van der Waals surface area (Å²) in [6.45, 7) is 2.64. The van der Waals surface area contributed by atoms with Crippen LogP contribution in [0.1, 0.15) is 39.0 Å². The first-order chi connectivity index (χ1) is 10.2. The molecular formula is C14H21F3N2O3. The fourth-order valence-corrected chi connectivity index (χ4v) is 3.22. The summed E-state index contributed by atoms with van der Waals surface area (Å²) >= 11 is 0. The number of hydrogen-bond acceptors (Lipinski definition) is 4. The third-order valence-electron chi connectivity index (χ3n) is 4.51. The maximum Gasteiger partial charge on any atom is 0.490 e. The number of hydrogen-bond donors (Lipinski definition) is 1. The lowest BCUT2D eigenvalue weighted by Gasteiger charge is -2.52. The van der Waals surface area contributed by atoms with Crippen molar-refractivity contribution in [2.75, 3.05) is 19.7 Å². The van der Waals surface area contributed by atoms with Crippen LogP contribution in [0.25, 0.3) is 0 Å². The number of carbonyl (C=O) groups excluding carboxylic acids is 2. The van der Waals surface area contributed by atoms with Gasteiger partial charge in [-0.25, -0.2) is 4.79 Å². The number of carbonyl (C=O) groups is 2. The molecule has 1 heterocycles. The topological polar surface area (TPSA) is 58.6 Å². The van der Waals surface area contributed by atoms with Crippen molar-refractivity contribution in [3.8, 4) is 0 Å². The van der Waals surface area contributed by atoms with Gasteiger partial charge in [0.15, 0.2) is 6.61 Å². The second kappa shape index (κ2) is 6.44. The molecular weight excluding hydrogens is 301 g/mol. The monoisotopic (exact) mass is 322 g/mol. The lowest BCUT2D eigenvalue weighted by atomic mass is 9.75. The molecule has 22 heavy (non-hydrogen) atoms. The van der Waals surface area contributed by atoms with E-state index in [0.717, 1.165) is 45.2 Å². The van der Waals surface area contributed by atoms with Gasteiger partial charge in [-0.05, 0) is 52.1 Å². The Bertz CT molecular complexity index is 430. The number of piperidine rings is 1. The fourth-order valence-electron chi connectivity index (χ4n) is 3.22. The zero-order valence-corrected chi connectivity index (χ0v) is 12.5. The Morgan fingerprint density at radius 2 is 1.86 bits per heavy atom. The smallest absolute Gasteiger partial charge is 0.449 e. The number of nitrogens with one attached hydrogen (secondary N) is 1. The summed E-state index contributed by atoms with van der Waals surface area (Å²) in [7, 11) is 0. The Labute approximate surface area is 127 Å². The largest absolute Gasteiger partial charge is 0.490 e. The van der Waals surface area contributed by atoms with Gasteiger partial charge in [-0.3, -0.25) is 4.79 Å². The van der Waals surface area contributed by atoms with E-state index in [9.17, 15) is 22.8 Å². The zero-order chi connectivity index (χ0) is 16.4. The first kappa shape index (κ1) is 17.1. The van der Waals surface area contributed by atoms with E-state index in [1.165, 1.54) is 0 Å². The van der Waals surface area contributed by atoms with Gasteiger partial charge in [0.25, 0.3) is 5.91 Å². The van der Waals surface area contributed by atoms with E-state index < -0.39 is 24.7 Å². The molecule has 1 amide bonds. The van der Waals surface area contributed by atoms with Gasteiger partial charge in [0.05, 0.1) is 0 Å². The molecule has 1 saturated carbocycles. The Morgan fingerprint density at radius 1 is 1.27 bits per heavy atom. The summed E-state index contributed by atoms with van der Waals surface area (Å²) in [6.07, 6.45) is -0.900. The van der Waals surface area contributed by atoms with Crippen LogP contribution in [-0.2, 0) is 14.3 Å². The zero-order valence-electron chi connectivity index (χ0n) is 12.5. The van der Waals surface area contributed by atoms with Crippen molar-refractivity contribution in [3.63, 3.8) is 0 Å². The Kier molecular flexibility index (Phi) is 4.99. The summed E-state index contributed by atoms with van der Waals surface area (Å²) in [6, 6.07) is -0.0105. The third-order valence-corrected chi connectivity index (χ3v) is 4.51. The Balaban J connectivity index is 2.01. The second-order valence-electron chi connectivity index (χ2n) is 6.17. The van der Waals surface area contributed by atoms with E-state index in [1.807, 2.05) is 6.92 Å². The minimum Gasteiger partial charge on any atom is -0.449 e. The van der Waals surface area contributed by atoms with Crippen molar-refractivity contribution >= 4 is 11.9 Å². The number of ether oxygens (including phenoxy) is 1. The van der Waals surface area contributed by atoms with E-state index in [4.69, 9.17) is 0 Å². The van der Waals surface area contributed by atoms with Crippen LogP contribution in [0.3, 0.4) is 0 Å². The van der Waals surface area contributed by atoms with Gasteiger partial charge in [0.2, 0.25) is 0 Å². The molecule has 0 spiro atoms. The highest BCUT2D eigenvalue weighted by molar-refractivity contribution is 5.83. The van der Waals surface area contributed by atoms with Crippen LogP contribution in [0, 0.1) is 0 Å². The number of halogens is 3. The maximum atomic E-state index is 12.4. The molecule has 0 aromatic heterocycles. The van der Waals surface area contributed by atoms with Crippen LogP contribution >= 0.6 is 0 Å². The molecule has 1 N–H and O–H groups in total. The molecule has 1 saturated heterocycles. The molecule has 8 heteroatoms. The van der Waals surface area contributed by atoms with Crippen molar-refractivity contribution < 1.29 is 27.5 Å². The van der Waals surface area contributed by atoms with Crippen molar-refractivity contribution in [3.05, 3.63) is 0 Å². The summed E-state index contributed by atoms with van der Waals surface area (Å²) in [5.74, 6) is -2.85. The molecule has 2 rings (SSSR count). The number of amides is 1. The highest BCUT2D eigenvalue weighted by atomic mass is 19.4. The lowest BCUT2D eigenvalue weighted by Crippen LogP contribution is -2.61. The van der Waals surface area contributed by atoms with Gasteiger partial charge in [-0.1, -0.05) is 0 Å². The fraction of sp³-hybridized carbons (Fsp3) is 0.857. The van der Waals surface area contributed by atoms with Gasteiger partial charge in [0, 0.05) is 11.6 Å². The van der Waals surface area contributed by atoms with Gasteiger partial charge >= 0.3 is 12.1 Å². The van der Waals surface area contributed by atoms with Crippen LogP contribution < -0.4 is 5.32 Å². The lowest BCUT2D eigenvalue weighted by molar-refractivity contribution is -0.201. The predicted octanol–water partition coefficient (Wildman–Crippen LogP) is 1.62. The highest BCUT2D eigenvalue weighted by Crippen LogP contribution is 2.40. The van der Waals surface area contributed by atoms with Crippen LogP contribution in [0.5, 0.6) is 0 Å². The molecule has 5 nitrogen and oxygen atoms in total. The van der Waals surface area contributed by atoms with Gasteiger partial charge in [0.1, 0.15) is 0 Å². The number of esters is 1. The molecule has 0 aromatic rings. The maximum absolute atomic E-state index is 12.4. The van der Waals surface area contributed by atoms with E-state index in [2.05, 4.69) is 10.1 Å². The molecule has 0 aromatic carbocycles. The predicted molar refractivity (Wildman–Crippen MR) is 72.0 cm³/mol. The van der Waals surface area contributed by atoms with E-state index in [-0.39, 0.29) is 11.6 Å². The molecule has 126 valence electrons. The van der Waals surface area contributed by atoms with Gasteiger partial charge < -0.3 is 15.0 Å². The van der Waals surface area contributed by atoms with Crippen molar-refractivity contribution in [2.45, 2.75) is 56.8 Å². The van der Waals surface area contributed by atoms with Gasteiger partial charge in [-0.15, -0.1) is 0 Å². The summed E-state index contributed by atoms with van der Waals surface area (Å²) in [5, 5.41) is 3.19. The minimum atomic E-state index is -5.07. The summed E-state index contributed by atoms with van der Waals surface area (Å²) < 4.78 is 40.6. The first-order valence-corrected chi connectivity index (χ1v) is 7.51. The van der Waals surface area contributed by atoms with Crippen LogP contribution in [0.4, 0.5) is 13.2 Å². The molecule has 2 aliphatic rings. The van der Waals surface area contributed by atoms with Crippen LogP contribution in [-0.4, -0.2) is 54.2 Å². The van der Waals surface area contributed by atoms with Crippen molar-refractivity contribution in [1.29, 1.82) is 0 Å². The van der Waals surface area contributed by atoms with E-state index in [1.54, 1.807) is 4.90 Å². The summed E-state index contributed by atoms with van der Waals surface area (Å²) in [4.78, 5) is 24.8. The van der Waals surface area contributed by atoms with Crippen LogP contribution in [0.15, 0.2) is 0 Å². The second-order valence-corrected chi connectivity index (χ2v) is 6.17. The Hall–Kier alpha value is -1.31. The quantitative estimate of drug-likeness (QED) is 0.799. The number of alkyl halides is 3.